The average Bonchev–Trinajstić information content (AvgIpc) is 3.62. The third-order valence-electron chi connectivity index (χ3n) is 10.2. The molecule has 0 aromatic heterocycles. The second kappa shape index (κ2) is 17.0. The van der Waals surface area contributed by atoms with E-state index < -0.39 is 24.3 Å². The fourth-order valence-corrected chi connectivity index (χ4v) is 7.01. The standard InChI is InChI=1S/C37H53FN4O7/c1-25-5-7-32(43)23-34(44)49-35(26(2)6-8-33(25)48-37(46)42-12-10-39(4)11-13-42)27(3)19-28-20-30(38)22-31(21-28)40-14-16-41(17-15-40)36(45)29-9-18-47-24-29/h6,8,19-22,25-26,29,32-33,35,43H,5,7,9-18,23-24H2,1-4H3/b8-6-,27-19+/t25-,26-,29?,32+,33-,35-/m0/s1. The Hall–Kier alpha value is -3.48. The average molecular weight is 685 g/mol. The Labute approximate surface area is 289 Å². The Balaban J connectivity index is 1.30. The number of carbonyl (C=O) groups is 3. The maximum atomic E-state index is 15.0. The number of esters is 1. The van der Waals surface area contributed by atoms with Crippen LogP contribution < -0.4 is 4.90 Å². The first-order valence-corrected chi connectivity index (χ1v) is 17.8. The van der Waals surface area contributed by atoms with Crippen LogP contribution in [0.25, 0.3) is 6.08 Å². The highest BCUT2D eigenvalue weighted by atomic mass is 19.1. The predicted molar refractivity (Wildman–Crippen MR) is 184 cm³/mol. The van der Waals surface area contributed by atoms with Crippen molar-refractivity contribution in [1.29, 1.82) is 0 Å². The number of rotatable bonds is 5. The van der Waals surface area contributed by atoms with Crippen molar-refractivity contribution in [2.75, 3.05) is 77.5 Å². The highest BCUT2D eigenvalue weighted by Gasteiger charge is 2.31. The molecule has 0 bridgehead atoms. The summed E-state index contributed by atoms with van der Waals surface area (Å²) in [5.74, 6) is -1.22. The lowest BCUT2D eigenvalue weighted by molar-refractivity contribution is -0.151. The van der Waals surface area contributed by atoms with E-state index in [-0.39, 0.29) is 42.0 Å². The molecule has 1 N–H and O–H groups in total. The largest absolute Gasteiger partial charge is 0.457 e. The van der Waals surface area contributed by atoms with Crippen LogP contribution in [0.3, 0.4) is 0 Å². The smallest absolute Gasteiger partial charge is 0.410 e. The highest BCUT2D eigenvalue weighted by molar-refractivity contribution is 5.79. The molecule has 3 fully saturated rings. The van der Waals surface area contributed by atoms with Crippen LogP contribution in [-0.4, -0.2) is 129 Å². The van der Waals surface area contributed by atoms with Gasteiger partial charge in [-0.15, -0.1) is 0 Å². The monoisotopic (exact) mass is 684 g/mol. The van der Waals surface area contributed by atoms with Gasteiger partial charge in [-0.25, -0.2) is 9.18 Å². The van der Waals surface area contributed by atoms with E-state index in [9.17, 15) is 23.9 Å². The first-order valence-electron chi connectivity index (χ1n) is 17.8. The van der Waals surface area contributed by atoms with Gasteiger partial charge in [0, 0.05) is 70.6 Å². The number of cyclic esters (lactones) is 1. The van der Waals surface area contributed by atoms with Crippen molar-refractivity contribution in [1.82, 2.24) is 14.7 Å². The number of carbonyl (C=O) groups excluding carboxylic acids is 3. The van der Waals surface area contributed by atoms with Gasteiger partial charge in [0.25, 0.3) is 0 Å². The molecule has 49 heavy (non-hydrogen) atoms. The number of halogens is 1. The molecular weight excluding hydrogens is 631 g/mol. The minimum absolute atomic E-state index is 0.0720. The zero-order chi connectivity index (χ0) is 35.1. The summed E-state index contributed by atoms with van der Waals surface area (Å²) in [6.07, 6.45) is 4.70. The molecule has 0 aliphatic carbocycles. The summed E-state index contributed by atoms with van der Waals surface area (Å²) >= 11 is 0. The Kier molecular flexibility index (Phi) is 12.7. The van der Waals surface area contributed by atoms with Crippen molar-refractivity contribution in [3.05, 3.63) is 47.3 Å². The summed E-state index contributed by atoms with van der Waals surface area (Å²) in [4.78, 5) is 46.8. The lowest BCUT2D eigenvalue weighted by atomic mass is 9.91. The summed E-state index contributed by atoms with van der Waals surface area (Å²) in [6.45, 7) is 11.9. The minimum atomic E-state index is -0.888. The molecule has 270 valence electrons. The number of benzene rings is 1. The summed E-state index contributed by atoms with van der Waals surface area (Å²) in [6, 6.07) is 4.86. The van der Waals surface area contributed by atoms with Gasteiger partial charge in [0.1, 0.15) is 18.0 Å². The fraction of sp³-hybridized carbons (Fsp3) is 0.649. The Bertz CT molecular complexity index is 1370. The van der Waals surface area contributed by atoms with Gasteiger partial charge in [-0.05, 0) is 74.6 Å². The summed E-state index contributed by atoms with van der Waals surface area (Å²) < 4.78 is 32.4. The van der Waals surface area contributed by atoms with Crippen molar-refractivity contribution < 1.29 is 38.1 Å². The van der Waals surface area contributed by atoms with Gasteiger partial charge in [0.05, 0.1) is 25.0 Å². The van der Waals surface area contributed by atoms with Gasteiger partial charge in [0.15, 0.2) is 0 Å². The van der Waals surface area contributed by atoms with E-state index in [1.165, 1.54) is 12.1 Å². The quantitative estimate of drug-likeness (QED) is 0.364. The topological polar surface area (TPSA) is 112 Å². The molecule has 5 rings (SSSR count). The Morgan fingerprint density at radius 3 is 2.37 bits per heavy atom. The van der Waals surface area contributed by atoms with E-state index in [1.54, 1.807) is 4.90 Å². The van der Waals surface area contributed by atoms with Crippen LogP contribution in [-0.2, 0) is 23.8 Å². The highest BCUT2D eigenvalue weighted by Crippen LogP contribution is 2.28. The minimum Gasteiger partial charge on any atom is -0.457 e. The zero-order valence-corrected chi connectivity index (χ0v) is 29.4. The fourth-order valence-electron chi connectivity index (χ4n) is 7.01. The molecule has 12 heteroatoms. The lowest BCUT2D eigenvalue weighted by Gasteiger charge is -2.37. The van der Waals surface area contributed by atoms with Gasteiger partial charge in [-0.1, -0.05) is 26.0 Å². The maximum absolute atomic E-state index is 15.0. The van der Waals surface area contributed by atoms with Crippen molar-refractivity contribution in [3.8, 4) is 0 Å². The number of hydrogen-bond acceptors (Lipinski definition) is 9. The molecule has 0 saturated carbocycles. The van der Waals surface area contributed by atoms with E-state index in [0.717, 1.165) is 25.2 Å². The normalized spacial score (nSPS) is 30.3. The van der Waals surface area contributed by atoms with E-state index in [0.29, 0.717) is 76.5 Å². The van der Waals surface area contributed by atoms with Gasteiger partial charge in [-0.3, -0.25) is 9.59 Å². The van der Waals surface area contributed by atoms with Crippen LogP contribution in [0, 0.1) is 23.6 Å². The first kappa shape index (κ1) is 36.8. The second-order valence-corrected chi connectivity index (χ2v) is 14.2. The van der Waals surface area contributed by atoms with Gasteiger partial charge < -0.3 is 38.9 Å². The summed E-state index contributed by atoms with van der Waals surface area (Å²) in [5, 5.41) is 10.7. The number of hydrogen-bond donors (Lipinski definition) is 1. The molecule has 11 nitrogen and oxygen atoms in total. The number of likely N-dealkylation sites (N-methyl/N-ethyl adjacent to an activating group) is 1. The third kappa shape index (κ3) is 10.0. The Morgan fingerprint density at radius 2 is 1.67 bits per heavy atom. The summed E-state index contributed by atoms with van der Waals surface area (Å²) in [5.41, 5.74) is 2.06. The number of aliphatic hydroxyl groups excluding tert-OH is 1. The number of ether oxygens (including phenoxy) is 3. The van der Waals surface area contributed by atoms with Crippen LogP contribution in [0.1, 0.15) is 52.0 Å². The van der Waals surface area contributed by atoms with Crippen molar-refractivity contribution in [2.45, 2.75) is 64.8 Å². The number of aliphatic hydroxyl groups is 1. The van der Waals surface area contributed by atoms with Crippen LogP contribution in [0.15, 0.2) is 35.9 Å². The van der Waals surface area contributed by atoms with Gasteiger partial charge >= 0.3 is 12.1 Å². The molecule has 6 atom stereocenters. The Morgan fingerprint density at radius 1 is 0.959 bits per heavy atom. The van der Waals surface area contributed by atoms with Crippen LogP contribution in [0.2, 0.25) is 0 Å². The molecule has 0 spiro atoms. The lowest BCUT2D eigenvalue weighted by Crippen LogP contribution is -2.50. The number of amides is 2. The van der Waals surface area contributed by atoms with Crippen molar-refractivity contribution in [3.63, 3.8) is 0 Å². The molecule has 1 aromatic rings. The number of anilines is 1. The number of nitrogens with zero attached hydrogens (tertiary/aromatic N) is 4. The first-order chi connectivity index (χ1) is 23.5. The second-order valence-electron chi connectivity index (χ2n) is 14.2. The molecule has 4 aliphatic rings. The predicted octanol–water partition coefficient (Wildman–Crippen LogP) is 3.95. The van der Waals surface area contributed by atoms with Crippen molar-refractivity contribution in [2.24, 2.45) is 17.8 Å². The molecule has 4 heterocycles. The molecule has 4 aliphatic heterocycles. The van der Waals surface area contributed by atoms with Gasteiger partial charge in [-0.2, -0.15) is 0 Å². The third-order valence-corrected chi connectivity index (χ3v) is 10.2. The van der Waals surface area contributed by atoms with Crippen LogP contribution in [0.4, 0.5) is 14.9 Å². The molecule has 3 saturated heterocycles. The van der Waals surface area contributed by atoms with Crippen molar-refractivity contribution >= 4 is 29.7 Å². The van der Waals surface area contributed by atoms with E-state index in [2.05, 4.69) is 9.80 Å². The van der Waals surface area contributed by atoms with E-state index >= 15 is 0 Å². The van der Waals surface area contributed by atoms with Crippen LogP contribution >= 0.6 is 0 Å². The van der Waals surface area contributed by atoms with Gasteiger partial charge in [0.2, 0.25) is 5.91 Å². The van der Waals surface area contributed by atoms with Crippen LogP contribution in [0.5, 0.6) is 0 Å². The molecule has 0 radical (unpaired) electrons. The molecule has 1 unspecified atom stereocenters. The molecule has 1 aromatic carbocycles. The molecule has 2 amide bonds. The SMILES string of the molecule is C/C(=C\c1cc(F)cc(N2CCN(C(=O)C3CCOC3)CC2)c1)[C@H]1OC(=O)C[C@H](O)CC[C@H](C)[C@@H](OC(=O)N2CCN(C)CC2)/C=C\[C@@H]1C. The zero-order valence-electron chi connectivity index (χ0n) is 29.4. The summed E-state index contributed by atoms with van der Waals surface area (Å²) in [7, 11) is 2.03. The maximum Gasteiger partial charge on any atom is 0.410 e. The molecular formula is C37H53FN4O7. The number of piperazine rings is 2. The van der Waals surface area contributed by atoms with E-state index in [1.807, 2.05) is 57.0 Å². The van der Waals surface area contributed by atoms with E-state index in [4.69, 9.17) is 14.2 Å².